The minimum atomic E-state index is -0.952. The van der Waals surface area contributed by atoms with Gasteiger partial charge < -0.3 is 15.4 Å². The molecule has 34 heavy (non-hydrogen) atoms. The predicted octanol–water partition coefficient (Wildman–Crippen LogP) is 4.29. The molecule has 0 bridgehead atoms. The molecule has 2 aromatic carbocycles. The number of thiazole rings is 1. The first kappa shape index (κ1) is 24.8. The number of carbonyl (C=O) groups excluding carboxylic acids is 3. The number of aromatic nitrogens is 1. The fraction of sp³-hybridized carbons (Fsp3) is 0.240. The van der Waals surface area contributed by atoms with Crippen molar-refractivity contribution >= 4 is 40.0 Å². The molecule has 3 aromatic rings. The molecule has 8 nitrogen and oxygen atoms in total. The summed E-state index contributed by atoms with van der Waals surface area (Å²) in [5, 5.41) is 15.7. The molecule has 1 atom stereocenters. The number of carbonyl (C=O) groups is 3. The number of ether oxygens (including phenoxy) is 1. The van der Waals surface area contributed by atoms with E-state index in [-0.39, 0.29) is 18.9 Å². The second kappa shape index (κ2) is 11.9. The van der Waals surface area contributed by atoms with E-state index < -0.39 is 23.5 Å². The Labute approximate surface area is 201 Å². The standard InChI is InChI=1S/C25H26N4O4S/c1-3-19(21(26)24(32)33-14-16-8-6-5-7-9-16)23(31)29-25-28-20(15-34-25)17-10-12-18(13-11-17)22(30)27-4-2/h5-13,15,19,26H,3-4,14H2,1-2H3,(H,27,30)(H,28,29,31). The van der Waals surface area contributed by atoms with Crippen molar-refractivity contribution in [3.63, 3.8) is 0 Å². The van der Waals surface area contributed by atoms with Gasteiger partial charge in [0, 0.05) is 23.1 Å². The number of hydrogen-bond acceptors (Lipinski definition) is 7. The Balaban J connectivity index is 1.60. The predicted molar refractivity (Wildman–Crippen MR) is 132 cm³/mol. The van der Waals surface area contributed by atoms with Crippen LogP contribution in [0.1, 0.15) is 36.2 Å². The van der Waals surface area contributed by atoms with Crippen LogP contribution in [-0.2, 0) is 20.9 Å². The third-order valence-electron chi connectivity index (χ3n) is 5.02. The van der Waals surface area contributed by atoms with Crippen molar-refractivity contribution in [1.29, 1.82) is 5.41 Å². The van der Waals surface area contributed by atoms with E-state index in [1.165, 1.54) is 11.3 Å². The number of esters is 1. The van der Waals surface area contributed by atoms with Gasteiger partial charge in [0.25, 0.3) is 5.91 Å². The van der Waals surface area contributed by atoms with Gasteiger partial charge in [0.2, 0.25) is 5.91 Å². The molecular weight excluding hydrogens is 452 g/mol. The minimum absolute atomic E-state index is 0.0365. The Bertz CT molecular complexity index is 1160. The van der Waals surface area contributed by atoms with Crippen molar-refractivity contribution in [2.45, 2.75) is 26.9 Å². The third-order valence-corrected chi connectivity index (χ3v) is 5.78. The zero-order valence-corrected chi connectivity index (χ0v) is 19.8. The second-order valence-corrected chi connectivity index (χ2v) is 8.26. The summed E-state index contributed by atoms with van der Waals surface area (Å²) in [5.41, 5.74) is 2.41. The average Bonchev–Trinajstić information content (AvgIpc) is 3.32. The van der Waals surface area contributed by atoms with Crippen LogP contribution in [-0.4, -0.2) is 35.0 Å². The first-order valence-corrected chi connectivity index (χ1v) is 11.7. The molecule has 0 aliphatic heterocycles. The Morgan fingerprint density at radius 1 is 1.06 bits per heavy atom. The normalized spacial score (nSPS) is 11.4. The van der Waals surface area contributed by atoms with E-state index in [2.05, 4.69) is 15.6 Å². The smallest absolute Gasteiger partial charge is 0.353 e. The number of rotatable bonds is 10. The van der Waals surface area contributed by atoms with E-state index in [1.54, 1.807) is 36.6 Å². The van der Waals surface area contributed by atoms with Gasteiger partial charge in [-0.05, 0) is 31.0 Å². The third kappa shape index (κ3) is 6.35. The molecule has 3 rings (SSSR count). The number of hydrogen-bond donors (Lipinski definition) is 3. The topological polar surface area (TPSA) is 121 Å². The molecule has 0 radical (unpaired) electrons. The van der Waals surface area contributed by atoms with Gasteiger partial charge in [-0.3, -0.25) is 15.0 Å². The van der Waals surface area contributed by atoms with Crippen molar-refractivity contribution in [2.24, 2.45) is 5.92 Å². The fourth-order valence-corrected chi connectivity index (χ4v) is 3.90. The van der Waals surface area contributed by atoms with Gasteiger partial charge in [-0.2, -0.15) is 0 Å². The monoisotopic (exact) mass is 478 g/mol. The summed E-state index contributed by atoms with van der Waals surface area (Å²) < 4.78 is 5.19. The molecule has 9 heteroatoms. The molecule has 1 aromatic heterocycles. The number of benzene rings is 2. The molecular formula is C25H26N4O4S. The van der Waals surface area contributed by atoms with Crippen molar-refractivity contribution in [3.8, 4) is 11.3 Å². The lowest BCUT2D eigenvalue weighted by molar-refractivity contribution is -0.137. The lowest BCUT2D eigenvalue weighted by Gasteiger charge is -2.14. The van der Waals surface area contributed by atoms with Crippen LogP contribution in [0.25, 0.3) is 11.3 Å². The highest BCUT2D eigenvalue weighted by Gasteiger charge is 2.28. The van der Waals surface area contributed by atoms with Crippen LogP contribution >= 0.6 is 11.3 Å². The quantitative estimate of drug-likeness (QED) is 0.296. The van der Waals surface area contributed by atoms with Crippen LogP contribution < -0.4 is 10.6 Å². The summed E-state index contributed by atoms with van der Waals surface area (Å²) in [6.45, 7) is 4.17. The van der Waals surface area contributed by atoms with Gasteiger partial charge in [0.15, 0.2) is 5.13 Å². The Morgan fingerprint density at radius 3 is 2.41 bits per heavy atom. The maximum absolute atomic E-state index is 12.8. The number of amides is 2. The summed E-state index contributed by atoms with van der Waals surface area (Å²) in [6.07, 6.45) is 0.268. The molecule has 2 amide bonds. The molecule has 3 N–H and O–H groups in total. The summed E-state index contributed by atoms with van der Waals surface area (Å²) in [4.78, 5) is 41.4. The molecule has 1 unspecified atom stereocenters. The van der Waals surface area contributed by atoms with Crippen LogP contribution in [0.2, 0.25) is 0 Å². The fourth-order valence-electron chi connectivity index (χ4n) is 3.17. The Morgan fingerprint density at radius 2 is 1.76 bits per heavy atom. The van der Waals surface area contributed by atoms with Gasteiger partial charge in [-0.15, -0.1) is 11.3 Å². The molecule has 1 heterocycles. The highest BCUT2D eigenvalue weighted by molar-refractivity contribution is 7.14. The van der Waals surface area contributed by atoms with Gasteiger partial charge in [0.1, 0.15) is 12.3 Å². The van der Waals surface area contributed by atoms with Crippen LogP contribution in [0.15, 0.2) is 60.0 Å². The first-order chi connectivity index (χ1) is 16.4. The van der Waals surface area contributed by atoms with Gasteiger partial charge in [-0.1, -0.05) is 49.4 Å². The van der Waals surface area contributed by atoms with E-state index in [0.29, 0.717) is 22.9 Å². The highest BCUT2D eigenvalue weighted by Crippen LogP contribution is 2.26. The summed E-state index contributed by atoms with van der Waals surface area (Å²) >= 11 is 1.24. The zero-order valence-electron chi connectivity index (χ0n) is 19.0. The molecule has 0 saturated carbocycles. The van der Waals surface area contributed by atoms with Crippen molar-refractivity contribution in [1.82, 2.24) is 10.3 Å². The molecule has 0 aliphatic rings. The minimum Gasteiger partial charge on any atom is -0.456 e. The van der Waals surface area contributed by atoms with Crippen LogP contribution in [0.4, 0.5) is 5.13 Å². The Hall–Kier alpha value is -3.85. The summed E-state index contributed by atoms with van der Waals surface area (Å²) in [5.74, 6) is -2.41. The lowest BCUT2D eigenvalue weighted by Crippen LogP contribution is -2.34. The first-order valence-electron chi connectivity index (χ1n) is 10.9. The van der Waals surface area contributed by atoms with Crippen LogP contribution in [0, 0.1) is 11.3 Å². The van der Waals surface area contributed by atoms with Crippen molar-refractivity contribution in [2.75, 3.05) is 11.9 Å². The molecule has 176 valence electrons. The molecule has 0 aliphatic carbocycles. The summed E-state index contributed by atoms with van der Waals surface area (Å²) in [6, 6.07) is 16.2. The van der Waals surface area contributed by atoms with E-state index in [1.807, 2.05) is 37.3 Å². The maximum Gasteiger partial charge on any atom is 0.353 e. The summed E-state index contributed by atoms with van der Waals surface area (Å²) in [7, 11) is 0. The second-order valence-electron chi connectivity index (χ2n) is 7.40. The Kier molecular flexibility index (Phi) is 8.64. The van der Waals surface area contributed by atoms with Gasteiger partial charge >= 0.3 is 5.97 Å². The van der Waals surface area contributed by atoms with E-state index in [9.17, 15) is 14.4 Å². The average molecular weight is 479 g/mol. The SMILES string of the molecule is CCNC(=O)c1ccc(-c2csc(NC(=O)C(CC)C(=N)C(=O)OCc3ccccc3)n2)cc1. The van der Waals surface area contributed by atoms with Gasteiger partial charge in [0.05, 0.1) is 11.6 Å². The molecule has 0 fully saturated rings. The van der Waals surface area contributed by atoms with E-state index in [4.69, 9.17) is 10.1 Å². The van der Waals surface area contributed by atoms with E-state index >= 15 is 0 Å². The number of nitrogens with zero attached hydrogens (tertiary/aromatic N) is 1. The van der Waals surface area contributed by atoms with Crippen molar-refractivity contribution in [3.05, 3.63) is 71.1 Å². The maximum atomic E-state index is 12.8. The zero-order chi connectivity index (χ0) is 24.5. The largest absolute Gasteiger partial charge is 0.456 e. The molecule has 0 saturated heterocycles. The lowest BCUT2D eigenvalue weighted by atomic mass is 9.99. The van der Waals surface area contributed by atoms with Crippen LogP contribution in [0.5, 0.6) is 0 Å². The number of anilines is 1. The number of nitrogens with one attached hydrogen (secondary N) is 3. The van der Waals surface area contributed by atoms with Crippen molar-refractivity contribution < 1.29 is 19.1 Å². The van der Waals surface area contributed by atoms with E-state index in [0.717, 1.165) is 11.1 Å². The molecule has 0 spiro atoms. The highest BCUT2D eigenvalue weighted by atomic mass is 32.1. The van der Waals surface area contributed by atoms with Crippen LogP contribution in [0.3, 0.4) is 0 Å². The van der Waals surface area contributed by atoms with Gasteiger partial charge in [-0.25, -0.2) is 9.78 Å².